The molecule has 1 aromatic rings. The number of benzene rings is 1. The van der Waals surface area contributed by atoms with Crippen molar-refractivity contribution in [2.45, 2.75) is 70.6 Å². The van der Waals surface area contributed by atoms with Gasteiger partial charge in [-0.1, -0.05) is 20.8 Å². The number of rotatable bonds is 10. The molecule has 0 aromatic heterocycles. The summed E-state index contributed by atoms with van der Waals surface area (Å²) in [7, 11) is 4.31. The SMILES string of the molecule is COc1cc(N2CCC(N(C)C)CC2)c(OCCCCO[Si](C)(C)C(C)(C)C)cc1N. The van der Waals surface area contributed by atoms with Gasteiger partial charge in [-0.3, -0.25) is 0 Å². The summed E-state index contributed by atoms with van der Waals surface area (Å²) in [6.07, 6.45) is 4.25. The number of hydrogen-bond donors (Lipinski definition) is 1. The lowest BCUT2D eigenvalue weighted by atomic mass is 10.0. The Morgan fingerprint density at radius 1 is 1.06 bits per heavy atom. The van der Waals surface area contributed by atoms with E-state index in [1.54, 1.807) is 7.11 Å². The molecule has 1 saturated heterocycles. The number of anilines is 2. The van der Waals surface area contributed by atoms with E-state index >= 15 is 0 Å². The third kappa shape index (κ3) is 7.02. The molecule has 178 valence electrons. The molecule has 31 heavy (non-hydrogen) atoms. The maximum atomic E-state index is 6.28. The van der Waals surface area contributed by atoms with Crippen molar-refractivity contribution in [3.8, 4) is 11.5 Å². The quantitative estimate of drug-likeness (QED) is 0.307. The van der Waals surface area contributed by atoms with Gasteiger partial charge >= 0.3 is 0 Å². The zero-order valence-corrected chi connectivity index (χ0v) is 22.1. The van der Waals surface area contributed by atoms with Crippen molar-refractivity contribution in [2.75, 3.05) is 58.1 Å². The fraction of sp³-hybridized carbons (Fsp3) is 0.750. The number of nitrogen functional groups attached to an aromatic ring is 1. The normalized spacial score (nSPS) is 16.1. The van der Waals surface area contributed by atoms with Gasteiger partial charge in [-0.25, -0.2) is 0 Å². The largest absolute Gasteiger partial charge is 0.495 e. The van der Waals surface area contributed by atoms with Crippen LogP contribution in [0.1, 0.15) is 46.5 Å². The van der Waals surface area contributed by atoms with E-state index in [1.165, 1.54) is 0 Å². The third-order valence-corrected chi connectivity index (χ3v) is 11.5. The predicted molar refractivity (Wildman–Crippen MR) is 134 cm³/mol. The number of unbranched alkanes of at least 4 members (excludes halogenated alkanes) is 1. The van der Waals surface area contributed by atoms with Crippen LogP contribution in [0.4, 0.5) is 11.4 Å². The van der Waals surface area contributed by atoms with Crippen molar-refractivity contribution in [3.63, 3.8) is 0 Å². The summed E-state index contributed by atoms with van der Waals surface area (Å²) < 4.78 is 18.0. The van der Waals surface area contributed by atoms with Crippen LogP contribution in [0.3, 0.4) is 0 Å². The lowest BCUT2D eigenvalue weighted by molar-refractivity contribution is 0.245. The molecule has 1 aliphatic rings. The minimum absolute atomic E-state index is 0.249. The number of ether oxygens (including phenoxy) is 2. The number of nitrogens with two attached hydrogens (primary N) is 1. The molecule has 1 heterocycles. The molecule has 6 nitrogen and oxygen atoms in total. The average molecular weight is 452 g/mol. The predicted octanol–water partition coefficient (Wildman–Crippen LogP) is 4.99. The molecule has 7 heteroatoms. The summed E-state index contributed by atoms with van der Waals surface area (Å²) in [4.78, 5) is 4.72. The fourth-order valence-corrected chi connectivity index (χ4v) is 4.75. The number of piperidine rings is 1. The second-order valence-corrected chi connectivity index (χ2v) is 15.2. The van der Waals surface area contributed by atoms with Gasteiger partial charge in [-0.15, -0.1) is 0 Å². The molecular formula is C24H45N3O3Si. The van der Waals surface area contributed by atoms with Crippen molar-refractivity contribution in [3.05, 3.63) is 12.1 Å². The maximum Gasteiger partial charge on any atom is 0.191 e. The second-order valence-electron chi connectivity index (χ2n) is 10.4. The Bertz CT molecular complexity index is 696. The first-order valence-corrected chi connectivity index (χ1v) is 14.5. The molecule has 0 unspecified atom stereocenters. The second kappa shape index (κ2) is 10.9. The van der Waals surface area contributed by atoms with E-state index < -0.39 is 8.32 Å². The molecular weight excluding hydrogens is 406 g/mol. The van der Waals surface area contributed by atoms with Gasteiger partial charge in [0, 0.05) is 37.9 Å². The van der Waals surface area contributed by atoms with Gasteiger partial charge in [0.2, 0.25) is 0 Å². The van der Waals surface area contributed by atoms with E-state index in [0.717, 1.165) is 56.8 Å². The van der Waals surface area contributed by atoms with Gasteiger partial charge in [0.1, 0.15) is 11.5 Å². The Hall–Kier alpha value is -1.44. The smallest absolute Gasteiger partial charge is 0.191 e. The van der Waals surface area contributed by atoms with Crippen molar-refractivity contribution in [1.29, 1.82) is 0 Å². The molecule has 2 rings (SSSR count). The molecule has 0 atom stereocenters. The monoisotopic (exact) mass is 451 g/mol. The van der Waals surface area contributed by atoms with E-state index in [1.807, 2.05) is 12.1 Å². The minimum atomic E-state index is -1.67. The molecule has 0 aliphatic carbocycles. The maximum absolute atomic E-state index is 6.28. The van der Waals surface area contributed by atoms with Crippen LogP contribution in [-0.2, 0) is 4.43 Å². The van der Waals surface area contributed by atoms with Crippen LogP contribution in [0.25, 0.3) is 0 Å². The van der Waals surface area contributed by atoms with Crippen molar-refractivity contribution in [2.24, 2.45) is 0 Å². The van der Waals surface area contributed by atoms with Gasteiger partial charge in [0.25, 0.3) is 0 Å². The van der Waals surface area contributed by atoms with Crippen molar-refractivity contribution < 1.29 is 13.9 Å². The van der Waals surface area contributed by atoms with E-state index in [4.69, 9.17) is 19.6 Å². The topological polar surface area (TPSA) is 60.2 Å². The average Bonchev–Trinajstić information content (AvgIpc) is 2.70. The van der Waals surface area contributed by atoms with Gasteiger partial charge < -0.3 is 29.4 Å². The molecule has 0 amide bonds. The summed E-state index contributed by atoms with van der Waals surface area (Å²) in [6.45, 7) is 14.9. The molecule has 2 N–H and O–H groups in total. The van der Waals surface area contributed by atoms with Crippen LogP contribution in [0.15, 0.2) is 12.1 Å². The van der Waals surface area contributed by atoms with E-state index in [0.29, 0.717) is 24.1 Å². The summed E-state index contributed by atoms with van der Waals surface area (Å²) in [6, 6.07) is 4.58. The van der Waals surface area contributed by atoms with Crippen LogP contribution in [-0.4, -0.2) is 66.8 Å². The van der Waals surface area contributed by atoms with E-state index in [9.17, 15) is 0 Å². The molecule has 0 radical (unpaired) electrons. The fourth-order valence-electron chi connectivity index (χ4n) is 3.66. The van der Waals surface area contributed by atoms with Crippen LogP contribution in [0.5, 0.6) is 11.5 Å². The van der Waals surface area contributed by atoms with Crippen LogP contribution in [0, 0.1) is 0 Å². The van der Waals surface area contributed by atoms with Crippen molar-refractivity contribution in [1.82, 2.24) is 4.90 Å². The third-order valence-electron chi connectivity index (χ3n) is 6.91. The first-order chi connectivity index (χ1) is 14.5. The Kier molecular flexibility index (Phi) is 9.10. The van der Waals surface area contributed by atoms with Crippen LogP contribution in [0.2, 0.25) is 18.1 Å². The molecule has 1 aliphatic heterocycles. The molecule has 0 bridgehead atoms. The highest BCUT2D eigenvalue weighted by atomic mass is 28.4. The summed E-state index contributed by atoms with van der Waals surface area (Å²) in [5.74, 6) is 1.56. The molecule has 0 spiro atoms. The van der Waals surface area contributed by atoms with Crippen LogP contribution >= 0.6 is 0 Å². The first-order valence-electron chi connectivity index (χ1n) is 11.6. The molecule has 1 aromatic carbocycles. The van der Waals surface area contributed by atoms with Crippen LogP contribution < -0.4 is 20.1 Å². The Labute approximate surface area is 191 Å². The van der Waals surface area contributed by atoms with Crippen molar-refractivity contribution >= 4 is 19.7 Å². The Morgan fingerprint density at radius 2 is 1.68 bits per heavy atom. The number of nitrogens with zero attached hydrogens (tertiary/aromatic N) is 2. The van der Waals surface area contributed by atoms with E-state index in [2.05, 4.69) is 57.8 Å². The minimum Gasteiger partial charge on any atom is -0.495 e. The zero-order chi connectivity index (χ0) is 23.2. The van der Waals surface area contributed by atoms with Gasteiger partial charge in [-0.2, -0.15) is 0 Å². The molecule has 0 saturated carbocycles. The Balaban J connectivity index is 1.94. The number of methoxy groups -OCH3 is 1. The lowest BCUT2D eigenvalue weighted by Crippen LogP contribution is -2.42. The van der Waals surface area contributed by atoms with Gasteiger partial charge in [0.15, 0.2) is 8.32 Å². The first kappa shape index (κ1) is 25.8. The van der Waals surface area contributed by atoms with Gasteiger partial charge in [-0.05, 0) is 57.9 Å². The highest BCUT2D eigenvalue weighted by Crippen LogP contribution is 2.39. The Morgan fingerprint density at radius 3 is 2.23 bits per heavy atom. The lowest BCUT2D eigenvalue weighted by Gasteiger charge is -2.37. The van der Waals surface area contributed by atoms with Gasteiger partial charge in [0.05, 0.1) is 25.1 Å². The molecule has 1 fully saturated rings. The zero-order valence-electron chi connectivity index (χ0n) is 21.1. The summed E-state index contributed by atoms with van der Waals surface area (Å²) >= 11 is 0. The highest BCUT2D eigenvalue weighted by Gasteiger charge is 2.36. The standard InChI is InChI=1S/C24H45N3O3Si/c1-24(2,3)31(7,8)30-16-10-9-15-29-23-17-20(25)22(28-6)18-21(23)27-13-11-19(12-14-27)26(4)5/h17-19H,9-16,25H2,1-8H3. The summed E-state index contributed by atoms with van der Waals surface area (Å²) in [5.41, 5.74) is 7.89. The highest BCUT2D eigenvalue weighted by molar-refractivity contribution is 6.74. The summed E-state index contributed by atoms with van der Waals surface area (Å²) in [5, 5.41) is 0.249. The number of hydrogen-bond acceptors (Lipinski definition) is 6. The van der Waals surface area contributed by atoms with E-state index in [-0.39, 0.29) is 5.04 Å².